The molecule has 0 aromatic heterocycles. The number of carbonyl (C=O) groups excluding carboxylic acids is 1. The quantitative estimate of drug-likeness (QED) is 0.533. The second-order valence-electron chi connectivity index (χ2n) is 4.10. The SMILES string of the molecule is COc1ccccc1NC(=O)c1c(F)c(F)c(F)c(F)c1F. The molecule has 0 saturated carbocycles. The van der Waals surface area contributed by atoms with Crippen molar-refractivity contribution in [1.29, 1.82) is 0 Å². The summed E-state index contributed by atoms with van der Waals surface area (Å²) < 4.78 is 71.0. The Morgan fingerprint density at radius 1 is 0.909 bits per heavy atom. The van der Waals surface area contributed by atoms with Gasteiger partial charge in [-0.2, -0.15) is 0 Å². The first kappa shape index (κ1) is 15.7. The van der Waals surface area contributed by atoms with Crippen LogP contribution >= 0.6 is 0 Å². The topological polar surface area (TPSA) is 38.3 Å². The molecule has 2 aromatic rings. The van der Waals surface area contributed by atoms with E-state index in [1.54, 1.807) is 6.07 Å². The van der Waals surface area contributed by atoms with E-state index >= 15 is 0 Å². The molecule has 8 heteroatoms. The Hall–Kier alpha value is -2.64. The molecule has 0 heterocycles. The van der Waals surface area contributed by atoms with Crippen LogP contribution in [0.4, 0.5) is 27.6 Å². The summed E-state index contributed by atoms with van der Waals surface area (Å²) >= 11 is 0. The van der Waals surface area contributed by atoms with Gasteiger partial charge in [-0.15, -0.1) is 0 Å². The second kappa shape index (κ2) is 6.00. The van der Waals surface area contributed by atoms with E-state index in [2.05, 4.69) is 0 Å². The van der Waals surface area contributed by atoms with Crippen LogP contribution in [0.15, 0.2) is 24.3 Å². The third-order valence-corrected chi connectivity index (χ3v) is 2.79. The zero-order valence-corrected chi connectivity index (χ0v) is 11.0. The molecule has 0 aliphatic carbocycles. The summed E-state index contributed by atoms with van der Waals surface area (Å²) in [6, 6.07) is 5.82. The number of halogens is 5. The predicted octanol–water partition coefficient (Wildman–Crippen LogP) is 3.64. The number of amides is 1. The Balaban J connectivity index is 2.47. The summed E-state index contributed by atoms with van der Waals surface area (Å²) in [5.41, 5.74) is -1.55. The van der Waals surface area contributed by atoms with Gasteiger partial charge < -0.3 is 10.1 Å². The van der Waals surface area contributed by atoms with Crippen LogP contribution in [0.25, 0.3) is 0 Å². The third kappa shape index (κ3) is 2.59. The first-order valence-electron chi connectivity index (χ1n) is 5.84. The van der Waals surface area contributed by atoms with E-state index < -0.39 is 40.6 Å². The van der Waals surface area contributed by atoms with E-state index in [9.17, 15) is 26.7 Å². The van der Waals surface area contributed by atoms with Crippen LogP contribution in [-0.2, 0) is 0 Å². The Kier molecular flexibility index (Phi) is 4.30. The smallest absolute Gasteiger partial charge is 0.261 e. The molecule has 2 rings (SSSR count). The van der Waals surface area contributed by atoms with E-state index in [0.29, 0.717) is 0 Å². The highest BCUT2D eigenvalue weighted by Crippen LogP contribution is 2.27. The van der Waals surface area contributed by atoms with Crippen LogP contribution in [0.1, 0.15) is 10.4 Å². The van der Waals surface area contributed by atoms with E-state index in [1.165, 1.54) is 25.3 Å². The van der Waals surface area contributed by atoms with Gasteiger partial charge in [0.25, 0.3) is 5.91 Å². The Labute approximate surface area is 121 Å². The fraction of sp³-hybridized carbons (Fsp3) is 0.0714. The third-order valence-electron chi connectivity index (χ3n) is 2.79. The molecule has 0 bridgehead atoms. The summed E-state index contributed by atoms with van der Waals surface area (Å²) in [4.78, 5) is 11.8. The van der Waals surface area contributed by atoms with Gasteiger partial charge in [0.2, 0.25) is 5.82 Å². The van der Waals surface area contributed by atoms with Crippen molar-refractivity contribution in [2.45, 2.75) is 0 Å². The summed E-state index contributed by atoms with van der Waals surface area (Å²) in [6.45, 7) is 0. The molecular weight excluding hydrogens is 309 g/mol. The molecule has 116 valence electrons. The molecular formula is C14H8F5NO2. The Morgan fingerprint density at radius 2 is 1.41 bits per heavy atom. The molecule has 2 aromatic carbocycles. The lowest BCUT2D eigenvalue weighted by atomic mass is 10.1. The lowest BCUT2D eigenvalue weighted by molar-refractivity contribution is 0.101. The zero-order chi connectivity index (χ0) is 16.4. The number of carbonyl (C=O) groups is 1. The minimum Gasteiger partial charge on any atom is -0.495 e. The fourth-order valence-corrected chi connectivity index (χ4v) is 1.74. The second-order valence-corrected chi connectivity index (χ2v) is 4.10. The summed E-state index contributed by atoms with van der Waals surface area (Å²) in [5.74, 6) is -12.5. The first-order chi connectivity index (χ1) is 10.4. The lowest BCUT2D eigenvalue weighted by Gasteiger charge is -2.11. The molecule has 22 heavy (non-hydrogen) atoms. The molecule has 0 radical (unpaired) electrons. The standard InChI is InChI=1S/C14H8F5NO2/c1-22-7-5-3-2-4-6(7)20-14(21)8-9(15)11(17)13(19)12(18)10(8)16/h2-5H,1H3,(H,20,21). The number of anilines is 1. The highest BCUT2D eigenvalue weighted by atomic mass is 19.2. The highest BCUT2D eigenvalue weighted by molar-refractivity contribution is 6.05. The van der Waals surface area contributed by atoms with Crippen LogP contribution in [0.5, 0.6) is 5.75 Å². The van der Waals surface area contributed by atoms with Crippen molar-refractivity contribution in [3.05, 3.63) is 58.9 Å². The van der Waals surface area contributed by atoms with Gasteiger partial charge in [0.1, 0.15) is 11.3 Å². The number of rotatable bonds is 3. The largest absolute Gasteiger partial charge is 0.495 e. The zero-order valence-electron chi connectivity index (χ0n) is 11.0. The number of ether oxygens (including phenoxy) is 1. The minimum absolute atomic E-state index is 0.0129. The van der Waals surface area contributed by atoms with Gasteiger partial charge in [-0.05, 0) is 12.1 Å². The number of hydrogen-bond acceptors (Lipinski definition) is 2. The van der Waals surface area contributed by atoms with Crippen molar-refractivity contribution < 1.29 is 31.5 Å². The average molecular weight is 317 g/mol. The molecule has 3 nitrogen and oxygen atoms in total. The van der Waals surface area contributed by atoms with E-state index in [1.807, 2.05) is 5.32 Å². The molecule has 0 atom stereocenters. The van der Waals surface area contributed by atoms with Gasteiger partial charge >= 0.3 is 0 Å². The molecule has 0 aliphatic heterocycles. The molecule has 0 saturated heterocycles. The van der Waals surface area contributed by atoms with Gasteiger partial charge in [-0.1, -0.05) is 12.1 Å². The minimum atomic E-state index is -2.33. The van der Waals surface area contributed by atoms with Crippen molar-refractivity contribution in [2.24, 2.45) is 0 Å². The van der Waals surface area contributed by atoms with E-state index in [-0.39, 0.29) is 11.4 Å². The molecule has 0 spiro atoms. The molecule has 1 N–H and O–H groups in total. The molecule has 0 unspecified atom stereocenters. The lowest BCUT2D eigenvalue weighted by Crippen LogP contribution is -2.19. The van der Waals surface area contributed by atoms with Crippen LogP contribution < -0.4 is 10.1 Å². The number of benzene rings is 2. The van der Waals surface area contributed by atoms with Gasteiger partial charge in [0.05, 0.1) is 12.8 Å². The maximum Gasteiger partial charge on any atom is 0.261 e. The average Bonchev–Trinajstić information content (AvgIpc) is 2.51. The van der Waals surface area contributed by atoms with E-state index in [4.69, 9.17) is 4.74 Å². The van der Waals surface area contributed by atoms with Crippen molar-refractivity contribution >= 4 is 11.6 Å². The number of nitrogens with one attached hydrogen (secondary N) is 1. The molecule has 1 amide bonds. The Morgan fingerprint density at radius 3 is 1.95 bits per heavy atom. The number of methoxy groups -OCH3 is 1. The van der Waals surface area contributed by atoms with Gasteiger partial charge in [-0.3, -0.25) is 4.79 Å². The van der Waals surface area contributed by atoms with Crippen molar-refractivity contribution in [3.63, 3.8) is 0 Å². The maximum atomic E-state index is 13.5. The fourth-order valence-electron chi connectivity index (χ4n) is 1.74. The van der Waals surface area contributed by atoms with Gasteiger partial charge in [0.15, 0.2) is 23.3 Å². The Bertz CT molecular complexity index is 719. The summed E-state index contributed by atoms with van der Waals surface area (Å²) in [6.07, 6.45) is 0. The normalized spacial score (nSPS) is 10.5. The summed E-state index contributed by atoms with van der Waals surface area (Å²) in [7, 11) is 1.28. The van der Waals surface area contributed by atoms with Crippen LogP contribution in [0, 0.1) is 29.1 Å². The van der Waals surface area contributed by atoms with Crippen molar-refractivity contribution in [2.75, 3.05) is 12.4 Å². The number of hydrogen-bond donors (Lipinski definition) is 1. The monoisotopic (exact) mass is 317 g/mol. The molecule has 0 fully saturated rings. The van der Waals surface area contributed by atoms with Crippen LogP contribution in [0.2, 0.25) is 0 Å². The number of para-hydroxylation sites is 2. The predicted molar refractivity (Wildman–Crippen MR) is 67.2 cm³/mol. The summed E-state index contributed by atoms with van der Waals surface area (Å²) in [5, 5.41) is 2.03. The van der Waals surface area contributed by atoms with Gasteiger partial charge in [0, 0.05) is 0 Å². The van der Waals surface area contributed by atoms with Crippen LogP contribution in [-0.4, -0.2) is 13.0 Å². The molecule has 0 aliphatic rings. The van der Waals surface area contributed by atoms with E-state index in [0.717, 1.165) is 0 Å². The maximum absolute atomic E-state index is 13.5. The van der Waals surface area contributed by atoms with Crippen LogP contribution in [0.3, 0.4) is 0 Å². The van der Waals surface area contributed by atoms with Crippen molar-refractivity contribution in [1.82, 2.24) is 0 Å². The highest BCUT2D eigenvalue weighted by Gasteiger charge is 2.30. The first-order valence-corrected chi connectivity index (χ1v) is 5.84. The van der Waals surface area contributed by atoms with Gasteiger partial charge in [-0.25, -0.2) is 22.0 Å². The van der Waals surface area contributed by atoms with Crippen molar-refractivity contribution in [3.8, 4) is 5.75 Å².